The number of aromatic amines is 2. The Hall–Kier alpha value is -2.96. The Kier molecular flexibility index (Phi) is 2.57. The molecule has 2 heterocycles. The molecular formula is C12H10N5O2+. The largest absolute Gasteiger partial charge is 0.392 e. The van der Waals surface area contributed by atoms with Gasteiger partial charge in [0, 0.05) is 0 Å². The zero-order valence-electron chi connectivity index (χ0n) is 9.75. The summed E-state index contributed by atoms with van der Waals surface area (Å²) in [7, 11) is 0. The number of rotatable bonds is 2. The Bertz CT molecular complexity index is 738. The SMILES string of the molecule is Nc1nc2nc[nH]c2c(OC(=O)c2ccccc2)[nH+]1. The van der Waals surface area contributed by atoms with Gasteiger partial charge in [0.15, 0.2) is 5.52 Å². The first kappa shape index (κ1) is 11.1. The normalized spacial score (nSPS) is 10.5. The molecule has 19 heavy (non-hydrogen) atoms. The molecule has 94 valence electrons. The number of hydrogen-bond donors (Lipinski definition) is 2. The lowest BCUT2D eigenvalue weighted by Gasteiger charge is -2.02. The van der Waals surface area contributed by atoms with Crippen molar-refractivity contribution in [2.45, 2.75) is 0 Å². The molecule has 0 bridgehead atoms. The van der Waals surface area contributed by atoms with Crippen molar-refractivity contribution < 1.29 is 14.5 Å². The van der Waals surface area contributed by atoms with Crippen molar-refractivity contribution in [1.82, 2.24) is 15.0 Å². The zero-order chi connectivity index (χ0) is 13.2. The van der Waals surface area contributed by atoms with Gasteiger partial charge in [0.1, 0.15) is 0 Å². The molecule has 4 N–H and O–H groups in total. The summed E-state index contributed by atoms with van der Waals surface area (Å²) in [6.45, 7) is 0. The van der Waals surface area contributed by atoms with E-state index in [1.54, 1.807) is 24.3 Å². The molecule has 0 radical (unpaired) electrons. The summed E-state index contributed by atoms with van der Waals surface area (Å²) in [5, 5.41) is 0. The molecule has 0 saturated heterocycles. The van der Waals surface area contributed by atoms with Gasteiger partial charge in [-0.3, -0.25) is 5.73 Å². The Labute approximate surface area is 107 Å². The van der Waals surface area contributed by atoms with Gasteiger partial charge in [0.05, 0.1) is 11.9 Å². The minimum atomic E-state index is -0.488. The molecule has 0 aliphatic carbocycles. The Morgan fingerprint density at radius 1 is 1.32 bits per heavy atom. The van der Waals surface area contributed by atoms with E-state index in [2.05, 4.69) is 19.9 Å². The van der Waals surface area contributed by atoms with E-state index in [-0.39, 0.29) is 11.8 Å². The van der Waals surface area contributed by atoms with E-state index in [1.165, 1.54) is 6.33 Å². The van der Waals surface area contributed by atoms with Crippen LogP contribution in [-0.4, -0.2) is 20.9 Å². The summed E-state index contributed by atoms with van der Waals surface area (Å²) in [5.74, 6) is -0.178. The number of H-pyrrole nitrogens is 2. The highest BCUT2D eigenvalue weighted by atomic mass is 16.5. The molecule has 0 atom stereocenters. The van der Waals surface area contributed by atoms with Crippen LogP contribution in [0, 0.1) is 0 Å². The molecule has 0 fully saturated rings. The van der Waals surface area contributed by atoms with Crippen molar-refractivity contribution in [3.63, 3.8) is 0 Å². The van der Waals surface area contributed by atoms with E-state index in [0.29, 0.717) is 16.7 Å². The lowest BCUT2D eigenvalue weighted by atomic mass is 10.2. The molecule has 0 aliphatic rings. The highest BCUT2D eigenvalue weighted by molar-refractivity contribution is 5.92. The van der Waals surface area contributed by atoms with Gasteiger partial charge in [-0.05, 0) is 17.1 Å². The second-order valence-corrected chi connectivity index (χ2v) is 3.81. The van der Waals surface area contributed by atoms with Gasteiger partial charge in [-0.1, -0.05) is 18.2 Å². The Morgan fingerprint density at radius 3 is 2.89 bits per heavy atom. The van der Waals surface area contributed by atoms with Crippen LogP contribution in [0.5, 0.6) is 5.88 Å². The van der Waals surface area contributed by atoms with Crippen LogP contribution in [0.15, 0.2) is 36.7 Å². The van der Waals surface area contributed by atoms with E-state index in [4.69, 9.17) is 10.5 Å². The molecule has 0 saturated carbocycles. The van der Waals surface area contributed by atoms with Crippen molar-refractivity contribution in [3.05, 3.63) is 42.2 Å². The quantitative estimate of drug-likeness (QED) is 0.652. The van der Waals surface area contributed by atoms with E-state index in [1.807, 2.05) is 6.07 Å². The minimum absolute atomic E-state index is 0.121. The molecule has 0 unspecified atom stereocenters. The third-order valence-electron chi connectivity index (χ3n) is 2.52. The first-order chi connectivity index (χ1) is 9.24. The number of aromatic nitrogens is 4. The maximum Gasteiger partial charge on any atom is 0.392 e. The number of imidazole rings is 1. The summed E-state index contributed by atoms with van der Waals surface area (Å²) >= 11 is 0. The number of ether oxygens (including phenoxy) is 1. The average Bonchev–Trinajstić information content (AvgIpc) is 2.88. The molecule has 3 rings (SSSR count). The van der Waals surface area contributed by atoms with E-state index in [0.717, 1.165) is 0 Å². The first-order valence-electron chi connectivity index (χ1n) is 5.53. The van der Waals surface area contributed by atoms with Gasteiger partial charge in [-0.2, -0.15) is 0 Å². The topological polar surface area (TPSA) is 108 Å². The predicted octanol–water partition coefficient (Wildman–Crippen LogP) is 0.573. The number of hydrogen-bond acceptors (Lipinski definition) is 5. The van der Waals surface area contributed by atoms with Crippen LogP contribution in [0.4, 0.5) is 5.95 Å². The number of anilines is 1. The predicted molar refractivity (Wildman–Crippen MR) is 66.3 cm³/mol. The van der Waals surface area contributed by atoms with Crippen molar-refractivity contribution >= 4 is 23.1 Å². The standard InChI is InChI=1S/C12H9N5O2/c13-12-16-9-8(14-6-15-9)10(17-12)19-11(18)7-4-2-1-3-5-7/h1-6H,(H3,13,14,15,16,17)/p+1. The lowest BCUT2D eigenvalue weighted by molar-refractivity contribution is -0.374. The van der Waals surface area contributed by atoms with Crippen LogP contribution in [-0.2, 0) is 0 Å². The summed E-state index contributed by atoms with van der Waals surface area (Å²) in [4.78, 5) is 25.4. The Balaban J connectivity index is 1.97. The van der Waals surface area contributed by atoms with Crippen LogP contribution in [0.1, 0.15) is 10.4 Å². The third kappa shape index (κ3) is 2.08. The summed E-state index contributed by atoms with van der Waals surface area (Å²) in [5.41, 5.74) is 6.90. The number of carbonyl (C=O) groups excluding carboxylic acids is 1. The second kappa shape index (κ2) is 4.37. The molecule has 7 nitrogen and oxygen atoms in total. The number of nitrogens with zero attached hydrogens (tertiary/aromatic N) is 2. The fourth-order valence-electron chi connectivity index (χ4n) is 1.66. The van der Waals surface area contributed by atoms with Crippen molar-refractivity contribution in [2.75, 3.05) is 5.73 Å². The molecule has 2 aromatic heterocycles. The third-order valence-corrected chi connectivity index (χ3v) is 2.52. The van der Waals surface area contributed by atoms with Gasteiger partial charge in [0.2, 0.25) is 0 Å². The maximum atomic E-state index is 12.0. The number of nitrogen functional groups attached to an aromatic ring is 1. The molecular weight excluding hydrogens is 246 g/mol. The van der Waals surface area contributed by atoms with Crippen LogP contribution in [0.25, 0.3) is 11.2 Å². The fraction of sp³-hybridized carbons (Fsp3) is 0. The van der Waals surface area contributed by atoms with Gasteiger partial charge >= 0.3 is 11.9 Å². The number of nitrogens with two attached hydrogens (primary N) is 1. The molecule has 0 spiro atoms. The van der Waals surface area contributed by atoms with Crippen LogP contribution < -0.4 is 15.5 Å². The van der Waals surface area contributed by atoms with Gasteiger partial charge in [0.25, 0.3) is 11.5 Å². The minimum Gasteiger partial charge on any atom is -0.390 e. The van der Waals surface area contributed by atoms with E-state index in [9.17, 15) is 4.79 Å². The monoisotopic (exact) mass is 256 g/mol. The average molecular weight is 256 g/mol. The molecule has 0 aliphatic heterocycles. The molecule has 7 heteroatoms. The van der Waals surface area contributed by atoms with Crippen LogP contribution in [0.2, 0.25) is 0 Å². The lowest BCUT2D eigenvalue weighted by Crippen LogP contribution is -2.20. The summed E-state index contributed by atoms with van der Waals surface area (Å²) in [6.07, 6.45) is 1.45. The van der Waals surface area contributed by atoms with Gasteiger partial charge < -0.3 is 9.72 Å². The number of esters is 1. The highest BCUT2D eigenvalue weighted by Crippen LogP contribution is 2.17. The van der Waals surface area contributed by atoms with Crippen LogP contribution in [0.3, 0.4) is 0 Å². The van der Waals surface area contributed by atoms with Crippen molar-refractivity contribution in [2.24, 2.45) is 0 Å². The number of carbonyl (C=O) groups is 1. The zero-order valence-corrected chi connectivity index (χ0v) is 9.75. The van der Waals surface area contributed by atoms with Gasteiger partial charge in [-0.25, -0.2) is 14.8 Å². The molecule has 0 amide bonds. The molecule has 3 aromatic rings. The van der Waals surface area contributed by atoms with Crippen molar-refractivity contribution in [3.8, 4) is 5.88 Å². The number of fused-ring (bicyclic) bond motifs is 1. The van der Waals surface area contributed by atoms with E-state index >= 15 is 0 Å². The van der Waals surface area contributed by atoms with E-state index < -0.39 is 5.97 Å². The van der Waals surface area contributed by atoms with Crippen molar-refractivity contribution in [1.29, 1.82) is 0 Å². The summed E-state index contributed by atoms with van der Waals surface area (Å²) in [6, 6.07) is 8.66. The Morgan fingerprint density at radius 2 is 2.11 bits per heavy atom. The molecule has 1 aromatic carbocycles. The first-order valence-corrected chi connectivity index (χ1v) is 5.53. The number of benzene rings is 1. The second-order valence-electron chi connectivity index (χ2n) is 3.81. The fourth-order valence-corrected chi connectivity index (χ4v) is 1.66. The summed E-state index contributed by atoms with van der Waals surface area (Å²) < 4.78 is 5.27. The maximum absolute atomic E-state index is 12.0. The smallest absolute Gasteiger partial charge is 0.390 e. The van der Waals surface area contributed by atoms with Gasteiger partial charge in [-0.15, -0.1) is 0 Å². The van der Waals surface area contributed by atoms with Crippen LogP contribution >= 0.6 is 0 Å². The highest BCUT2D eigenvalue weighted by Gasteiger charge is 2.18. The number of nitrogens with one attached hydrogen (secondary N) is 2.